The van der Waals surface area contributed by atoms with Gasteiger partial charge in [-0.15, -0.1) is 0 Å². The van der Waals surface area contributed by atoms with Crippen molar-refractivity contribution in [1.29, 1.82) is 0 Å². The minimum absolute atomic E-state index is 0.211. The zero-order valence-corrected chi connectivity index (χ0v) is 13.1. The molecule has 1 saturated heterocycles. The van der Waals surface area contributed by atoms with Gasteiger partial charge in [0.15, 0.2) is 11.5 Å². The van der Waals surface area contributed by atoms with Gasteiger partial charge in [0, 0.05) is 11.5 Å². The molecule has 0 aromatic heterocycles. The molecule has 1 fully saturated rings. The topological polar surface area (TPSA) is 57.1 Å². The van der Waals surface area contributed by atoms with Crippen molar-refractivity contribution < 1.29 is 19.0 Å². The number of esters is 1. The summed E-state index contributed by atoms with van der Waals surface area (Å²) < 4.78 is 16.3. The van der Waals surface area contributed by atoms with E-state index in [2.05, 4.69) is 6.92 Å². The molecule has 0 bridgehead atoms. The maximum atomic E-state index is 12.5. The molecule has 0 amide bonds. The van der Waals surface area contributed by atoms with Crippen molar-refractivity contribution >= 4 is 17.4 Å². The quantitative estimate of drug-likeness (QED) is 0.758. The standard InChI is InChI=1S/C19H15NO4/c1-19(11-5-3-2-4-6-11)12-7-15-16(24-10-23-15)8-13(12)20-14-9-22-18(21)17(14)19/h2-8,17H,9-10H2,1H3. The molecule has 0 radical (unpaired) electrons. The number of carbonyl (C=O) groups is 1. The highest BCUT2D eigenvalue weighted by molar-refractivity contribution is 6.12. The molecule has 3 aliphatic rings. The van der Waals surface area contributed by atoms with Gasteiger partial charge < -0.3 is 14.2 Å². The van der Waals surface area contributed by atoms with E-state index >= 15 is 0 Å². The summed E-state index contributed by atoms with van der Waals surface area (Å²) in [6.45, 7) is 2.54. The van der Waals surface area contributed by atoms with E-state index in [4.69, 9.17) is 19.2 Å². The summed E-state index contributed by atoms with van der Waals surface area (Å²) in [6.07, 6.45) is 0. The number of benzene rings is 2. The Bertz CT molecular complexity index is 890. The van der Waals surface area contributed by atoms with Gasteiger partial charge in [0.05, 0.1) is 11.4 Å². The lowest BCUT2D eigenvalue weighted by atomic mass is 9.64. The average Bonchev–Trinajstić information content (AvgIpc) is 3.21. The molecule has 2 atom stereocenters. The van der Waals surface area contributed by atoms with Crippen LogP contribution in [0.4, 0.5) is 5.69 Å². The first-order valence-electron chi connectivity index (χ1n) is 7.91. The molecule has 0 saturated carbocycles. The number of cyclic esters (lactones) is 1. The summed E-state index contributed by atoms with van der Waals surface area (Å²) in [6, 6.07) is 13.9. The maximum Gasteiger partial charge on any atom is 0.316 e. The SMILES string of the molecule is CC1(c2ccccc2)c2cc3c(cc2N=C2COC(=O)C21)OCO3. The molecule has 24 heavy (non-hydrogen) atoms. The molecule has 0 aliphatic carbocycles. The normalized spacial score (nSPS) is 26.5. The Balaban J connectivity index is 1.82. The predicted molar refractivity (Wildman–Crippen MR) is 87.0 cm³/mol. The number of rotatable bonds is 1. The minimum Gasteiger partial charge on any atom is -0.459 e. The second-order valence-corrected chi connectivity index (χ2v) is 6.43. The molecule has 5 nitrogen and oxygen atoms in total. The van der Waals surface area contributed by atoms with E-state index in [1.165, 1.54) is 0 Å². The average molecular weight is 321 g/mol. The molecule has 5 heteroatoms. The fourth-order valence-corrected chi connectivity index (χ4v) is 3.97. The van der Waals surface area contributed by atoms with E-state index in [0.717, 1.165) is 22.5 Å². The van der Waals surface area contributed by atoms with Crippen molar-refractivity contribution in [1.82, 2.24) is 0 Å². The van der Waals surface area contributed by atoms with Gasteiger partial charge in [0.25, 0.3) is 0 Å². The largest absolute Gasteiger partial charge is 0.459 e. The van der Waals surface area contributed by atoms with Crippen LogP contribution in [0, 0.1) is 5.92 Å². The van der Waals surface area contributed by atoms with E-state index in [9.17, 15) is 4.79 Å². The van der Waals surface area contributed by atoms with Gasteiger partial charge in [-0.1, -0.05) is 37.3 Å². The summed E-state index contributed by atoms with van der Waals surface area (Å²) in [5.41, 5.74) is 3.06. The summed E-state index contributed by atoms with van der Waals surface area (Å²) >= 11 is 0. The molecule has 2 unspecified atom stereocenters. The molecule has 0 N–H and O–H groups in total. The third-order valence-corrected chi connectivity index (χ3v) is 5.20. The van der Waals surface area contributed by atoms with E-state index in [0.29, 0.717) is 11.5 Å². The third kappa shape index (κ3) is 1.64. The van der Waals surface area contributed by atoms with Gasteiger partial charge in [0.2, 0.25) is 6.79 Å². The lowest BCUT2D eigenvalue weighted by Gasteiger charge is -2.38. The highest BCUT2D eigenvalue weighted by atomic mass is 16.7. The van der Waals surface area contributed by atoms with E-state index < -0.39 is 11.3 Å². The van der Waals surface area contributed by atoms with Gasteiger partial charge in [-0.3, -0.25) is 9.79 Å². The number of ether oxygens (including phenoxy) is 3. The Morgan fingerprint density at radius 1 is 1.08 bits per heavy atom. The molecule has 2 aromatic rings. The first-order valence-corrected chi connectivity index (χ1v) is 7.91. The van der Waals surface area contributed by atoms with Crippen LogP contribution in [0.25, 0.3) is 0 Å². The zero-order valence-electron chi connectivity index (χ0n) is 13.1. The van der Waals surface area contributed by atoms with Crippen LogP contribution in [0.5, 0.6) is 11.5 Å². The van der Waals surface area contributed by atoms with Crippen molar-refractivity contribution in [3.8, 4) is 11.5 Å². The minimum atomic E-state index is -0.553. The summed E-state index contributed by atoms with van der Waals surface area (Å²) in [4.78, 5) is 17.2. The second kappa shape index (κ2) is 4.60. The Morgan fingerprint density at radius 3 is 2.62 bits per heavy atom. The van der Waals surface area contributed by atoms with Crippen LogP contribution < -0.4 is 9.47 Å². The number of carbonyl (C=O) groups excluding carboxylic acids is 1. The van der Waals surface area contributed by atoms with E-state index in [1.54, 1.807) is 0 Å². The summed E-state index contributed by atoms with van der Waals surface area (Å²) in [5.74, 6) is 0.759. The third-order valence-electron chi connectivity index (χ3n) is 5.20. The smallest absolute Gasteiger partial charge is 0.316 e. The van der Waals surface area contributed by atoms with Crippen LogP contribution >= 0.6 is 0 Å². The molecular weight excluding hydrogens is 306 g/mol. The maximum absolute atomic E-state index is 12.5. The number of hydrogen-bond acceptors (Lipinski definition) is 5. The molecule has 3 heterocycles. The van der Waals surface area contributed by atoms with Gasteiger partial charge in [0.1, 0.15) is 12.5 Å². The fourth-order valence-electron chi connectivity index (χ4n) is 3.97. The van der Waals surface area contributed by atoms with Crippen molar-refractivity contribution in [2.45, 2.75) is 12.3 Å². The number of nitrogens with zero attached hydrogens (tertiary/aromatic N) is 1. The Hall–Kier alpha value is -2.82. The monoisotopic (exact) mass is 321 g/mol. The molecule has 2 aromatic carbocycles. The lowest BCUT2D eigenvalue weighted by molar-refractivity contribution is -0.142. The summed E-state index contributed by atoms with van der Waals surface area (Å²) in [7, 11) is 0. The lowest BCUT2D eigenvalue weighted by Crippen LogP contribution is -2.42. The Labute approximate surface area is 138 Å². The number of fused-ring (bicyclic) bond motifs is 3. The molecule has 0 spiro atoms. The van der Waals surface area contributed by atoms with Crippen LogP contribution in [-0.4, -0.2) is 25.1 Å². The van der Waals surface area contributed by atoms with Crippen molar-refractivity contribution in [3.05, 3.63) is 53.6 Å². The predicted octanol–water partition coefficient (Wildman–Crippen LogP) is 2.98. The molecule has 5 rings (SSSR count). The molecular formula is C19H15NO4. The van der Waals surface area contributed by atoms with Crippen LogP contribution in [0.1, 0.15) is 18.1 Å². The Kier molecular flexibility index (Phi) is 2.61. The molecule has 3 aliphatic heterocycles. The first kappa shape index (κ1) is 13.6. The van der Waals surface area contributed by atoms with E-state index in [1.807, 2.05) is 42.5 Å². The van der Waals surface area contributed by atoms with Gasteiger partial charge in [-0.2, -0.15) is 0 Å². The Morgan fingerprint density at radius 2 is 1.83 bits per heavy atom. The van der Waals surface area contributed by atoms with Gasteiger partial charge >= 0.3 is 5.97 Å². The highest BCUT2D eigenvalue weighted by Crippen LogP contribution is 2.52. The van der Waals surface area contributed by atoms with Gasteiger partial charge in [-0.05, 0) is 17.2 Å². The number of hydrogen-bond donors (Lipinski definition) is 0. The fraction of sp³-hybridized carbons (Fsp3) is 0.263. The van der Waals surface area contributed by atoms with Crippen molar-refractivity contribution in [2.75, 3.05) is 13.4 Å². The van der Waals surface area contributed by atoms with Crippen LogP contribution in [0.2, 0.25) is 0 Å². The summed E-state index contributed by atoms with van der Waals surface area (Å²) in [5, 5.41) is 0. The van der Waals surface area contributed by atoms with Crippen LogP contribution in [0.15, 0.2) is 47.5 Å². The molecule has 120 valence electrons. The zero-order chi connectivity index (χ0) is 16.3. The van der Waals surface area contributed by atoms with Crippen molar-refractivity contribution in [2.24, 2.45) is 10.9 Å². The van der Waals surface area contributed by atoms with Crippen LogP contribution in [0.3, 0.4) is 0 Å². The van der Waals surface area contributed by atoms with Crippen molar-refractivity contribution in [3.63, 3.8) is 0 Å². The highest BCUT2D eigenvalue weighted by Gasteiger charge is 2.52. The van der Waals surface area contributed by atoms with Crippen LogP contribution in [-0.2, 0) is 14.9 Å². The first-order chi connectivity index (χ1) is 11.7. The second-order valence-electron chi connectivity index (χ2n) is 6.43. The number of aliphatic imine (C=N–C) groups is 1. The van der Waals surface area contributed by atoms with E-state index in [-0.39, 0.29) is 19.4 Å². The van der Waals surface area contributed by atoms with Gasteiger partial charge in [-0.25, -0.2) is 0 Å².